The molecule has 0 radical (unpaired) electrons. The summed E-state index contributed by atoms with van der Waals surface area (Å²) in [7, 11) is 0. The number of halogens is 2. The number of benzene rings is 1. The second-order valence-corrected chi connectivity index (χ2v) is 4.03. The zero-order valence-electron chi connectivity index (χ0n) is 8.54. The van der Waals surface area contributed by atoms with Gasteiger partial charge in [-0.3, -0.25) is 0 Å². The fourth-order valence-corrected chi connectivity index (χ4v) is 1.59. The lowest BCUT2D eigenvalue weighted by Crippen LogP contribution is -2.35. The summed E-state index contributed by atoms with van der Waals surface area (Å²) in [6.07, 6.45) is -1.10. The monoisotopic (exact) mass is 263 g/mol. The Labute approximate surface area is 103 Å². The molecule has 0 heterocycles. The molecule has 1 amide bonds. The first-order valence-corrected chi connectivity index (χ1v) is 5.32. The van der Waals surface area contributed by atoms with Crippen LogP contribution in [0.2, 0.25) is 10.0 Å². The fraction of sp³-hybridized carbons (Fsp3) is 0.300. The highest BCUT2D eigenvalue weighted by atomic mass is 35.5. The largest absolute Gasteiger partial charge is 0.488 e. The number of para-hydroxylation sites is 1. The van der Waals surface area contributed by atoms with Crippen molar-refractivity contribution in [2.45, 2.75) is 13.0 Å². The number of nitrogens with one attached hydrogen (secondary N) is 1. The fourth-order valence-electron chi connectivity index (χ4n) is 1.08. The van der Waals surface area contributed by atoms with Crippen molar-refractivity contribution in [3.05, 3.63) is 28.2 Å². The van der Waals surface area contributed by atoms with Crippen molar-refractivity contribution in [1.82, 2.24) is 5.32 Å². The molecule has 0 aromatic heterocycles. The predicted molar refractivity (Wildman–Crippen MR) is 62.6 cm³/mol. The van der Waals surface area contributed by atoms with Gasteiger partial charge in [0.1, 0.15) is 6.61 Å². The minimum Gasteiger partial charge on any atom is -0.488 e. The molecule has 0 aliphatic carbocycles. The number of rotatable bonds is 4. The summed E-state index contributed by atoms with van der Waals surface area (Å²) in [6, 6.07) is 4.66. The second kappa shape index (κ2) is 5.82. The van der Waals surface area contributed by atoms with E-state index in [1.807, 2.05) is 0 Å². The van der Waals surface area contributed by atoms with Gasteiger partial charge >= 0.3 is 6.09 Å². The number of hydrogen-bond acceptors (Lipinski definition) is 2. The molecule has 4 nitrogen and oxygen atoms in total. The summed E-state index contributed by atoms with van der Waals surface area (Å²) >= 11 is 11.7. The number of carbonyl (C=O) groups is 1. The molecule has 0 saturated carbocycles. The summed E-state index contributed by atoms with van der Waals surface area (Å²) in [5.74, 6) is 0.366. The van der Waals surface area contributed by atoms with Gasteiger partial charge in [-0.25, -0.2) is 4.79 Å². The van der Waals surface area contributed by atoms with Crippen LogP contribution in [0, 0.1) is 0 Å². The SMILES string of the molecule is CC(COc1c(Cl)cccc1Cl)NC(=O)O. The molecule has 88 valence electrons. The van der Waals surface area contributed by atoms with E-state index in [-0.39, 0.29) is 12.6 Å². The molecule has 0 saturated heterocycles. The van der Waals surface area contributed by atoms with Gasteiger partial charge in [0.25, 0.3) is 0 Å². The van der Waals surface area contributed by atoms with Gasteiger partial charge in [-0.05, 0) is 19.1 Å². The van der Waals surface area contributed by atoms with Crippen molar-refractivity contribution in [3.8, 4) is 5.75 Å². The van der Waals surface area contributed by atoms with Gasteiger partial charge in [-0.15, -0.1) is 0 Å². The van der Waals surface area contributed by atoms with E-state index in [1.54, 1.807) is 25.1 Å². The van der Waals surface area contributed by atoms with E-state index in [4.69, 9.17) is 33.0 Å². The maximum Gasteiger partial charge on any atom is 0.404 e. The Balaban J connectivity index is 2.57. The van der Waals surface area contributed by atoms with Crippen LogP contribution in [0.15, 0.2) is 18.2 Å². The van der Waals surface area contributed by atoms with Gasteiger partial charge < -0.3 is 15.2 Å². The lowest BCUT2D eigenvalue weighted by atomic mass is 10.3. The van der Waals surface area contributed by atoms with Crippen molar-refractivity contribution < 1.29 is 14.6 Å². The number of hydrogen-bond donors (Lipinski definition) is 2. The maximum atomic E-state index is 10.3. The van der Waals surface area contributed by atoms with E-state index in [0.29, 0.717) is 15.8 Å². The topological polar surface area (TPSA) is 58.6 Å². The van der Waals surface area contributed by atoms with Crippen LogP contribution in [-0.4, -0.2) is 23.8 Å². The van der Waals surface area contributed by atoms with Crippen LogP contribution in [0.5, 0.6) is 5.75 Å². The normalized spacial score (nSPS) is 11.9. The minimum absolute atomic E-state index is 0.162. The number of ether oxygens (including phenoxy) is 1. The Hall–Kier alpha value is -1.13. The van der Waals surface area contributed by atoms with E-state index in [2.05, 4.69) is 5.32 Å². The Morgan fingerprint density at radius 3 is 2.56 bits per heavy atom. The summed E-state index contributed by atoms with van der Waals surface area (Å²) in [5.41, 5.74) is 0. The molecule has 6 heteroatoms. The Bertz CT molecular complexity index is 364. The molecular formula is C10H11Cl2NO3. The van der Waals surface area contributed by atoms with Crippen LogP contribution in [0.3, 0.4) is 0 Å². The highest BCUT2D eigenvalue weighted by molar-refractivity contribution is 6.37. The molecule has 0 aliphatic rings. The molecule has 1 rings (SSSR count). The van der Waals surface area contributed by atoms with Crippen LogP contribution in [0.25, 0.3) is 0 Å². The second-order valence-electron chi connectivity index (χ2n) is 3.21. The Kier molecular flexibility index (Phi) is 4.71. The lowest BCUT2D eigenvalue weighted by Gasteiger charge is -2.14. The maximum absolute atomic E-state index is 10.3. The van der Waals surface area contributed by atoms with Crippen molar-refractivity contribution in [1.29, 1.82) is 0 Å². The number of amides is 1. The average Bonchev–Trinajstić information content (AvgIpc) is 2.15. The zero-order valence-corrected chi connectivity index (χ0v) is 10.0. The quantitative estimate of drug-likeness (QED) is 0.878. The minimum atomic E-state index is -1.10. The standard InChI is InChI=1S/C10H11Cl2NO3/c1-6(13-10(14)15)5-16-9-7(11)3-2-4-8(9)12/h2-4,6,13H,5H2,1H3,(H,14,15). The van der Waals surface area contributed by atoms with Gasteiger partial charge in [0.15, 0.2) is 5.75 Å². The van der Waals surface area contributed by atoms with Crippen LogP contribution in [0.4, 0.5) is 4.79 Å². The Morgan fingerprint density at radius 2 is 2.06 bits per heavy atom. The van der Waals surface area contributed by atoms with Crippen molar-refractivity contribution >= 4 is 29.3 Å². The summed E-state index contributed by atoms with van der Waals surface area (Å²) in [4.78, 5) is 10.3. The van der Waals surface area contributed by atoms with Gasteiger partial charge in [0.05, 0.1) is 16.1 Å². The van der Waals surface area contributed by atoms with Crippen molar-refractivity contribution in [3.63, 3.8) is 0 Å². The molecule has 1 atom stereocenters. The van der Waals surface area contributed by atoms with E-state index >= 15 is 0 Å². The molecule has 0 spiro atoms. The molecule has 1 aromatic rings. The molecule has 1 aromatic carbocycles. The van der Waals surface area contributed by atoms with E-state index in [9.17, 15) is 4.79 Å². The number of carboxylic acid groups (broad SMARTS) is 1. The third-order valence-electron chi connectivity index (χ3n) is 1.77. The van der Waals surface area contributed by atoms with Crippen LogP contribution < -0.4 is 10.1 Å². The summed E-state index contributed by atoms with van der Waals surface area (Å²) < 4.78 is 5.34. The third-order valence-corrected chi connectivity index (χ3v) is 2.36. The smallest absolute Gasteiger partial charge is 0.404 e. The average molecular weight is 264 g/mol. The molecule has 0 bridgehead atoms. The molecule has 16 heavy (non-hydrogen) atoms. The first kappa shape index (κ1) is 12.9. The zero-order chi connectivity index (χ0) is 12.1. The molecule has 2 N–H and O–H groups in total. The third kappa shape index (κ3) is 3.79. The van der Waals surface area contributed by atoms with Crippen LogP contribution >= 0.6 is 23.2 Å². The molecule has 1 unspecified atom stereocenters. The van der Waals surface area contributed by atoms with Crippen LogP contribution in [0.1, 0.15) is 6.92 Å². The van der Waals surface area contributed by atoms with Crippen LogP contribution in [-0.2, 0) is 0 Å². The van der Waals surface area contributed by atoms with E-state index in [0.717, 1.165) is 0 Å². The first-order chi connectivity index (χ1) is 7.50. The predicted octanol–water partition coefficient (Wildman–Crippen LogP) is 3.03. The molecule has 0 fully saturated rings. The summed E-state index contributed by atoms with van der Waals surface area (Å²) in [6.45, 7) is 1.84. The van der Waals surface area contributed by atoms with Crippen molar-refractivity contribution in [2.24, 2.45) is 0 Å². The molecule has 0 aliphatic heterocycles. The first-order valence-electron chi connectivity index (χ1n) is 4.57. The lowest BCUT2D eigenvalue weighted by molar-refractivity contribution is 0.183. The van der Waals surface area contributed by atoms with Gasteiger partial charge in [0, 0.05) is 0 Å². The van der Waals surface area contributed by atoms with Gasteiger partial charge in [0.2, 0.25) is 0 Å². The molecular weight excluding hydrogens is 253 g/mol. The van der Waals surface area contributed by atoms with Gasteiger partial charge in [-0.2, -0.15) is 0 Å². The van der Waals surface area contributed by atoms with E-state index < -0.39 is 6.09 Å². The highest BCUT2D eigenvalue weighted by Crippen LogP contribution is 2.32. The van der Waals surface area contributed by atoms with Gasteiger partial charge in [-0.1, -0.05) is 29.3 Å². The Morgan fingerprint density at radius 1 is 1.50 bits per heavy atom. The summed E-state index contributed by atoms with van der Waals surface area (Å²) in [5, 5.41) is 11.5. The van der Waals surface area contributed by atoms with E-state index in [1.165, 1.54) is 0 Å². The van der Waals surface area contributed by atoms with Crippen molar-refractivity contribution in [2.75, 3.05) is 6.61 Å². The highest BCUT2D eigenvalue weighted by Gasteiger charge is 2.10.